The van der Waals surface area contributed by atoms with Gasteiger partial charge in [0, 0.05) is 30.1 Å². The number of hydrogen-bond donors (Lipinski definition) is 2. The lowest BCUT2D eigenvalue weighted by molar-refractivity contribution is -0.274. The highest BCUT2D eigenvalue weighted by Gasteiger charge is 2.31. The van der Waals surface area contributed by atoms with Crippen LogP contribution in [-0.4, -0.2) is 23.5 Å². The number of hydrogen-bond acceptors (Lipinski definition) is 3. The highest BCUT2D eigenvalue weighted by molar-refractivity contribution is 5.94. The molecule has 0 fully saturated rings. The van der Waals surface area contributed by atoms with Crippen LogP contribution in [0, 0.1) is 5.82 Å². The fraction of sp³-hybridized carbons (Fsp3) is 0.0769. The van der Waals surface area contributed by atoms with E-state index in [2.05, 4.69) is 28.5 Å². The van der Waals surface area contributed by atoms with Crippen molar-refractivity contribution >= 4 is 11.7 Å². The van der Waals surface area contributed by atoms with Gasteiger partial charge in [-0.25, -0.2) is 9.18 Å². The summed E-state index contributed by atoms with van der Waals surface area (Å²) in [7, 11) is 0. The lowest BCUT2D eigenvalue weighted by Gasteiger charge is -2.16. The summed E-state index contributed by atoms with van der Waals surface area (Å²) in [4.78, 5) is 25.4. The summed E-state index contributed by atoms with van der Waals surface area (Å²) >= 11 is 0. The summed E-state index contributed by atoms with van der Waals surface area (Å²) in [6.07, 6.45) is 1.32. The first-order chi connectivity index (χ1) is 17.1. The van der Waals surface area contributed by atoms with Crippen molar-refractivity contribution in [3.8, 4) is 22.6 Å². The molecule has 1 aromatic heterocycles. The Kier molecular flexibility index (Phi) is 8.11. The van der Waals surface area contributed by atoms with Crippen molar-refractivity contribution in [2.45, 2.75) is 6.36 Å². The molecule has 2 amide bonds. The molecule has 3 aromatic rings. The number of nitrogens with zero attached hydrogens (tertiary/aromatic N) is 1. The number of anilines is 1. The molecular formula is C26H21F4N3O3. The molecule has 2 N–H and O–H groups in total. The third kappa shape index (κ3) is 6.95. The molecule has 0 aliphatic heterocycles. The lowest BCUT2D eigenvalue weighted by atomic mass is 10.1. The molecule has 0 radical (unpaired) electrons. The molecule has 0 bridgehead atoms. The van der Waals surface area contributed by atoms with Gasteiger partial charge in [0.05, 0.1) is 5.69 Å². The van der Waals surface area contributed by atoms with Gasteiger partial charge in [-0.2, -0.15) is 0 Å². The highest BCUT2D eigenvalue weighted by atomic mass is 19.4. The molecule has 1 heterocycles. The summed E-state index contributed by atoms with van der Waals surface area (Å²) in [6.45, 7) is 7.38. The zero-order valence-corrected chi connectivity index (χ0v) is 18.8. The molecular weight excluding hydrogens is 478 g/mol. The van der Waals surface area contributed by atoms with E-state index < -0.39 is 29.5 Å². The summed E-state index contributed by atoms with van der Waals surface area (Å²) < 4.78 is 55.9. The molecule has 186 valence electrons. The average molecular weight is 499 g/mol. The lowest BCUT2D eigenvalue weighted by Crippen LogP contribution is -2.31. The number of pyridine rings is 1. The zero-order valence-electron chi connectivity index (χ0n) is 18.8. The Morgan fingerprint density at radius 2 is 1.72 bits per heavy atom. The van der Waals surface area contributed by atoms with Crippen molar-refractivity contribution in [2.24, 2.45) is 0 Å². The van der Waals surface area contributed by atoms with Crippen molar-refractivity contribution in [3.63, 3.8) is 0 Å². The van der Waals surface area contributed by atoms with Crippen LogP contribution in [0.15, 0.2) is 103 Å². The van der Waals surface area contributed by atoms with E-state index in [1.807, 2.05) is 0 Å². The fourth-order valence-corrected chi connectivity index (χ4v) is 3.21. The normalized spacial score (nSPS) is 11.5. The first-order valence-electron chi connectivity index (χ1n) is 10.5. The van der Waals surface area contributed by atoms with Crippen molar-refractivity contribution in [3.05, 3.63) is 114 Å². The summed E-state index contributed by atoms with van der Waals surface area (Å²) in [5, 5.41) is 5.24. The number of ether oxygens (including phenoxy) is 1. The van der Waals surface area contributed by atoms with Gasteiger partial charge in [0.25, 0.3) is 5.56 Å². The molecule has 2 aromatic carbocycles. The minimum absolute atomic E-state index is 0.144. The van der Waals surface area contributed by atoms with Crippen LogP contribution in [0.1, 0.15) is 0 Å². The van der Waals surface area contributed by atoms with Crippen molar-refractivity contribution in [1.29, 1.82) is 0 Å². The Morgan fingerprint density at radius 1 is 1.06 bits per heavy atom. The quantitative estimate of drug-likeness (QED) is 0.297. The number of halogens is 4. The van der Waals surface area contributed by atoms with Gasteiger partial charge in [-0.3, -0.25) is 9.36 Å². The van der Waals surface area contributed by atoms with Crippen molar-refractivity contribution in [2.75, 3.05) is 11.9 Å². The first-order valence-corrected chi connectivity index (χ1v) is 10.5. The van der Waals surface area contributed by atoms with Gasteiger partial charge in [-0.1, -0.05) is 43.5 Å². The maximum Gasteiger partial charge on any atom is 0.573 e. The van der Waals surface area contributed by atoms with Crippen molar-refractivity contribution in [1.82, 2.24) is 9.88 Å². The number of carbonyl (C=O) groups excluding carboxylic acids is 1. The average Bonchev–Trinajstić information content (AvgIpc) is 2.82. The van der Waals surface area contributed by atoms with E-state index in [1.54, 1.807) is 18.2 Å². The van der Waals surface area contributed by atoms with E-state index in [-0.39, 0.29) is 17.9 Å². The van der Waals surface area contributed by atoms with Crippen LogP contribution in [0.5, 0.6) is 5.75 Å². The van der Waals surface area contributed by atoms with Gasteiger partial charge >= 0.3 is 12.4 Å². The Morgan fingerprint density at radius 3 is 2.31 bits per heavy atom. The Balaban J connectivity index is 1.97. The second-order valence-corrected chi connectivity index (χ2v) is 7.35. The maximum atomic E-state index is 13.5. The molecule has 0 aliphatic carbocycles. The van der Waals surface area contributed by atoms with Crippen LogP contribution in [0.25, 0.3) is 16.8 Å². The predicted octanol–water partition coefficient (Wildman–Crippen LogP) is 5.96. The monoisotopic (exact) mass is 499 g/mol. The highest BCUT2D eigenvalue weighted by Crippen LogP contribution is 2.29. The number of allylic oxidation sites excluding steroid dienone is 2. The molecule has 0 saturated heterocycles. The van der Waals surface area contributed by atoms with Crippen LogP contribution < -0.4 is 20.9 Å². The Bertz CT molecular complexity index is 1340. The van der Waals surface area contributed by atoms with E-state index in [4.69, 9.17) is 0 Å². The van der Waals surface area contributed by atoms with E-state index in [0.717, 1.165) is 18.2 Å². The molecule has 0 aliphatic rings. The molecule has 3 rings (SSSR count). The third-order valence-corrected chi connectivity index (χ3v) is 4.85. The van der Waals surface area contributed by atoms with Gasteiger partial charge in [-0.15, -0.1) is 13.2 Å². The SMILES string of the molecule is C=C/C=C(\C=C)CNC(=O)Nc1cc(=O)n(-c2ccc(OC(F)(F)F)cc2)cc1-c1ccc(F)cc1. The second kappa shape index (κ2) is 11.2. The third-order valence-electron chi connectivity index (χ3n) is 4.85. The van der Waals surface area contributed by atoms with Crippen LogP contribution >= 0.6 is 0 Å². The molecule has 0 unspecified atom stereocenters. The molecule has 6 nitrogen and oxygen atoms in total. The standard InChI is InChI=1S/C26H21F4N3O3/c1-3-5-17(4-2)15-31-25(35)32-23-14-24(34)33(16-22(23)18-6-8-19(27)9-7-18)20-10-12-21(13-11-20)36-26(28,29)30/h3-14,16H,1-2,15H2,(H2,31,32,35)/b17-5+. The fourth-order valence-electron chi connectivity index (χ4n) is 3.21. The second-order valence-electron chi connectivity index (χ2n) is 7.35. The van der Waals surface area contributed by atoms with Crippen LogP contribution in [-0.2, 0) is 0 Å². The predicted molar refractivity (Wildman–Crippen MR) is 130 cm³/mol. The molecule has 0 saturated carbocycles. The first kappa shape index (κ1) is 26.0. The smallest absolute Gasteiger partial charge is 0.406 e. The number of benzene rings is 2. The minimum Gasteiger partial charge on any atom is -0.406 e. The van der Waals surface area contributed by atoms with Gasteiger partial charge in [0.1, 0.15) is 11.6 Å². The Hall–Kier alpha value is -4.60. The zero-order chi connectivity index (χ0) is 26.3. The van der Waals surface area contributed by atoms with Gasteiger partial charge in [-0.05, 0) is 47.5 Å². The number of alkyl halides is 3. The summed E-state index contributed by atoms with van der Waals surface area (Å²) in [5.41, 5.74) is 1.37. The molecule has 0 atom stereocenters. The molecule has 36 heavy (non-hydrogen) atoms. The van der Waals surface area contributed by atoms with Gasteiger partial charge in [0.2, 0.25) is 0 Å². The summed E-state index contributed by atoms with van der Waals surface area (Å²) in [6, 6.07) is 10.6. The van der Waals surface area contributed by atoms with Crippen LogP contribution in [0.3, 0.4) is 0 Å². The largest absolute Gasteiger partial charge is 0.573 e. The van der Waals surface area contributed by atoms with E-state index in [1.165, 1.54) is 47.2 Å². The van der Waals surface area contributed by atoms with Gasteiger partial charge < -0.3 is 15.4 Å². The molecule has 0 spiro atoms. The van der Waals surface area contributed by atoms with E-state index in [0.29, 0.717) is 16.7 Å². The van der Waals surface area contributed by atoms with Gasteiger partial charge in [0.15, 0.2) is 0 Å². The van der Waals surface area contributed by atoms with Crippen LogP contribution in [0.2, 0.25) is 0 Å². The summed E-state index contributed by atoms with van der Waals surface area (Å²) in [5.74, 6) is -0.928. The van der Waals surface area contributed by atoms with E-state index >= 15 is 0 Å². The van der Waals surface area contributed by atoms with E-state index in [9.17, 15) is 27.2 Å². The number of carbonyl (C=O) groups is 1. The van der Waals surface area contributed by atoms with Crippen molar-refractivity contribution < 1.29 is 27.1 Å². The number of urea groups is 1. The maximum absolute atomic E-state index is 13.5. The minimum atomic E-state index is -4.85. The number of aromatic nitrogens is 1. The number of rotatable bonds is 8. The van der Waals surface area contributed by atoms with Crippen LogP contribution in [0.4, 0.5) is 28.0 Å². The number of amides is 2. The number of nitrogens with one attached hydrogen (secondary N) is 2. The molecule has 10 heteroatoms. The topological polar surface area (TPSA) is 72.4 Å². The Labute approximate surface area is 203 Å².